The van der Waals surface area contributed by atoms with E-state index in [2.05, 4.69) is 15.2 Å². The first-order valence-electron chi connectivity index (χ1n) is 9.79. The lowest BCUT2D eigenvalue weighted by Gasteiger charge is -2.69. The topological polar surface area (TPSA) is 74.6 Å². The van der Waals surface area contributed by atoms with Gasteiger partial charge >= 0.3 is 12.5 Å². The quantitative estimate of drug-likeness (QED) is 0.763. The Kier molecular flexibility index (Phi) is 4.56. The number of carbonyl (C=O) groups excluding carboxylic acids is 1. The molecule has 0 unspecified atom stereocenters. The standard InChI is InChI=1S/C19H26F3N3O4/c1-16(2,3)29-15(26)24-17-9-18(10-17,11-17)25-7-14(6-23-25)27-8-12-4-13(5-12)28-19(20,21)22/h6-7,12-13H,4-5,8-11H2,1-3H3,(H,24,26)/t12-,13+,17?,18?. The highest BCUT2D eigenvalue weighted by Gasteiger charge is 2.70. The average molecular weight is 417 g/mol. The predicted octanol–water partition coefficient (Wildman–Crippen LogP) is 3.73. The third-order valence-corrected chi connectivity index (χ3v) is 5.79. The van der Waals surface area contributed by atoms with E-state index in [1.807, 2.05) is 31.6 Å². The molecule has 162 valence electrons. The summed E-state index contributed by atoms with van der Waals surface area (Å²) in [7, 11) is 0. The fourth-order valence-electron chi connectivity index (χ4n) is 4.58. The molecule has 4 aliphatic carbocycles. The van der Waals surface area contributed by atoms with Gasteiger partial charge in [-0.3, -0.25) is 9.42 Å². The molecule has 1 heterocycles. The summed E-state index contributed by atoms with van der Waals surface area (Å²) in [5, 5.41) is 7.34. The molecule has 5 rings (SSSR count). The molecule has 0 aromatic carbocycles. The van der Waals surface area contributed by atoms with Gasteiger partial charge in [0.1, 0.15) is 5.60 Å². The van der Waals surface area contributed by atoms with E-state index >= 15 is 0 Å². The summed E-state index contributed by atoms with van der Waals surface area (Å²) in [6.07, 6.45) is 0.765. The predicted molar refractivity (Wildman–Crippen MR) is 95.3 cm³/mol. The lowest BCUT2D eigenvalue weighted by molar-refractivity contribution is -0.354. The number of rotatable bonds is 6. The molecule has 7 nitrogen and oxygen atoms in total. The van der Waals surface area contributed by atoms with Gasteiger partial charge in [0.05, 0.1) is 36.2 Å². The summed E-state index contributed by atoms with van der Waals surface area (Å²) in [6, 6.07) is 0. The van der Waals surface area contributed by atoms with Crippen LogP contribution in [0.25, 0.3) is 0 Å². The Labute approximate surface area is 166 Å². The first-order valence-corrected chi connectivity index (χ1v) is 9.79. The first kappa shape index (κ1) is 20.3. The van der Waals surface area contributed by atoms with E-state index < -0.39 is 24.2 Å². The Balaban J connectivity index is 1.20. The molecule has 0 saturated heterocycles. The molecule has 4 saturated carbocycles. The van der Waals surface area contributed by atoms with Crippen LogP contribution in [0.3, 0.4) is 0 Å². The van der Waals surface area contributed by atoms with Gasteiger partial charge in [-0.2, -0.15) is 5.10 Å². The van der Waals surface area contributed by atoms with Gasteiger partial charge < -0.3 is 14.8 Å². The van der Waals surface area contributed by atoms with Crippen LogP contribution in [0.4, 0.5) is 18.0 Å². The van der Waals surface area contributed by atoms with E-state index in [0.717, 1.165) is 19.3 Å². The molecule has 29 heavy (non-hydrogen) atoms. The average Bonchev–Trinajstić information content (AvgIpc) is 2.89. The number of ether oxygens (including phenoxy) is 3. The van der Waals surface area contributed by atoms with Crippen molar-refractivity contribution in [2.24, 2.45) is 5.92 Å². The maximum atomic E-state index is 12.1. The van der Waals surface area contributed by atoms with Crippen LogP contribution < -0.4 is 10.1 Å². The number of halogens is 3. The third-order valence-electron chi connectivity index (χ3n) is 5.79. The second-order valence-electron chi connectivity index (χ2n) is 9.62. The molecule has 1 amide bonds. The monoisotopic (exact) mass is 417 g/mol. The van der Waals surface area contributed by atoms with E-state index in [1.54, 1.807) is 6.20 Å². The molecule has 0 spiro atoms. The van der Waals surface area contributed by atoms with Crippen molar-refractivity contribution in [1.29, 1.82) is 0 Å². The number of alkyl carbamates (subject to hydrolysis) is 1. The van der Waals surface area contributed by atoms with E-state index in [0.29, 0.717) is 25.2 Å². The molecule has 1 aromatic heterocycles. The SMILES string of the molecule is CC(C)(C)OC(=O)NC12CC(n3cc(OC[C@H]4C[C@@H](OC(F)(F)F)C4)cn3)(C1)C2. The van der Waals surface area contributed by atoms with Gasteiger partial charge in [-0.1, -0.05) is 0 Å². The second kappa shape index (κ2) is 6.52. The number of hydrogen-bond acceptors (Lipinski definition) is 5. The van der Waals surface area contributed by atoms with Crippen LogP contribution in [0.2, 0.25) is 0 Å². The maximum absolute atomic E-state index is 12.1. The van der Waals surface area contributed by atoms with E-state index in [-0.39, 0.29) is 17.0 Å². The number of amides is 1. The molecular formula is C19H26F3N3O4. The summed E-state index contributed by atoms with van der Waals surface area (Å²) < 4.78 is 53.3. The van der Waals surface area contributed by atoms with Gasteiger partial charge in [-0.15, -0.1) is 13.2 Å². The molecule has 10 heteroatoms. The minimum Gasteiger partial charge on any atom is -0.490 e. The maximum Gasteiger partial charge on any atom is 0.522 e. The molecule has 4 fully saturated rings. The summed E-state index contributed by atoms with van der Waals surface area (Å²) in [4.78, 5) is 12.0. The fourth-order valence-corrected chi connectivity index (χ4v) is 4.58. The smallest absolute Gasteiger partial charge is 0.490 e. The lowest BCUT2D eigenvalue weighted by atomic mass is 9.44. The fraction of sp³-hybridized carbons (Fsp3) is 0.789. The number of alkyl halides is 3. The molecular weight excluding hydrogens is 391 g/mol. The Hall–Kier alpha value is -1.97. The molecule has 0 radical (unpaired) electrons. The zero-order chi connectivity index (χ0) is 21.1. The largest absolute Gasteiger partial charge is 0.522 e. The van der Waals surface area contributed by atoms with Crippen LogP contribution in [0.5, 0.6) is 5.75 Å². The van der Waals surface area contributed by atoms with Crippen molar-refractivity contribution in [2.45, 2.75) is 82.0 Å². The van der Waals surface area contributed by atoms with Crippen molar-refractivity contribution in [2.75, 3.05) is 6.61 Å². The van der Waals surface area contributed by atoms with Crippen LogP contribution in [-0.4, -0.2) is 46.1 Å². The molecule has 1 N–H and O–H groups in total. The van der Waals surface area contributed by atoms with Gasteiger partial charge in [0.15, 0.2) is 5.75 Å². The number of nitrogens with zero attached hydrogens (tertiary/aromatic N) is 2. The lowest BCUT2D eigenvalue weighted by Crippen LogP contribution is -2.79. The van der Waals surface area contributed by atoms with Gasteiger partial charge in [0.2, 0.25) is 0 Å². The number of hydrogen-bond donors (Lipinski definition) is 1. The van der Waals surface area contributed by atoms with Crippen LogP contribution >= 0.6 is 0 Å². The number of nitrogens with one attached hydrogen (secondary N) is 1. The summed E-state index contributed by atoms with van der Waals surface area (Å²) in [6.45, 7) is 5.83. The highest BCUT2D eigenvalue weighted by molar-refractivity contribution is 5.70. The zero-order valence-corrected chi connectivity index (χ0v) is 16.7. The van der Waals surface area contributed by atoms with Crippen molar-refractivity contribution in [3.05, 3.63) is 12.4 Å². The summed E-state index contributed by atoms with van der Waals surface area (Å²) in [5.74, 6) is 0.658. The van der Waals surface area contributed by atoms with Gasteiger partial charge in [0, 0.05) is 0 Å². The van der Waals surface area contributed by atoms with Crippen LogP contribution in [0.1, 0.15) is 52.9 Å². The Morgan fingerprint density at radius 2 is 1.93 bits per heavy atom. The van der Waals surface area contributed by atoms with Crippen molar-refractivity contribution in [3.8, 4) is 5.75 Å². The number of carbonyl (C=O) groups is 1. The second-order valence-corrected chi connectivity index (χ2v) is 9.62. The van der Waals surface area contributed by atoms with Crippen molar-refractivity contribution in [3.63, 3.8) is 0 Å². The highest BCUT2D eigenvalue weighted by atomic mass is 19.4. The van der Waals surface area contributed by atoms with Crippen LogP contribution in [0.15, 0.2) is 12.4 Å². The van der Waals surface area contributed by atoms with E-state index in [1.165, 1.54) is 0 Å². The third kappa shape index (κ3) is 4.31. The number of aromatic nitrogens is 2. The Bertz CT molecular complexity index is 761. The van der Waals surface area contributed by atoms with Crippen molar-refractivity contribution in [1.82, 2.24) is 15.1 Å². The summed E-state index contributed by atoms with van der Waals surface area (Å²) in [5.41, 5.74) is -0.841. The highest BCUT2D eigenvalue weighted by Crippen LogP contribution is 2.65. The summed E-state index contributed by atoms with van der Waals surface area (Å²) >= 11 is 0. The minimum atomic E-state index is -4.57. The van der Waals surface area contributed by atoms with Crippen LogP contribution in [-0.2, 0) is 15.0 Å². The normalized spacial score (nSPS) is 33.2. The zero-order valence-electron chi connectivity index (χ0n) is 16.7. The first-order chi connectivity index (χ1) is 13.4. The van der Waals surface area contributed by atoms with Crippen molar-refractivity contribution >= 4 is 6.09 Å². The molecule has 0 aliphatic heterocycles. The molecule has 1 aromatic rings. The van der Waals surface area contributed by atoms with Crippen molar-refractivity contribution < 1.29 is 32.2 Å². The minimum absolute atomic E-state index is 0.0574. The Morgan fingerprint density at radius 3 is 2.52 bits per heavy atom. The van der Waals surface area contributed by atoms with Crippen LogP contribution in [0, 0.1) is 5.92 Å². The van der Waals surface area contributed by atoms with Gasteiger partial charge in [0.25, 0.3) is 0 Å². The van der Waals surface area contributed by atoms with Gasteiger partial charge in [-0.25, -0.2) is 4.79 Å². The van der Waals surface area contributed by atoms with E-state index in [4.69, 9.17) is 9.47 Å². The molecule has 4 aliphatic rings. The van der Waals surface area contributed by atoms with Gasteiger partial charge in [-0.05, 0) is 58.8 Å². The van der Waals surface area contributed by atoms with E-state index in [9.17, 15) is 18.0 Å². The Morgan fingerprint density at radius 1 is 1.28 bits per heavy atom. The molecule has 0 atom stereocenters. The molecule has 2 bridgehead atoms.